The molecule has 0 bridgehead atoms. The second kappa shape index (κ2) is 6.57. The number of non-ortho nitro benzene ring substituents is 1. The van der Waals surface area contributed by atoms with E-state index in [9.17, 15) is 10.1 Å². The van der Waals surface area contributed by atoms with Crippen LogP contribution in [-0.2, 0) is 0 Å². The predicted octanol–water partition coefficient (Wildman–Crippen LogP) is 4.09. The smallest absolute Gasteiger partial charge is 0.258 e. The van der Waals surface area contributed by atoms with Crippen LogP contribution >= 0.6 is 11.8 Å². The van der Waals surface area contributed by atoms with Gasteiger partial charge in [0.2, 0.25) is 5.16 Å². The van der Waals surface area contributed by atoms with E-state index in [0.29, 0.717) is 22.2 Å². The zero-order valence-electron chi connectivity index (χ0n) is 13.7. The summed E-state index contributed by atoms with van der Waals surface area (Å²) >= 11 is 1.42. The maximum atomic E-state index is 11.1. The molecule has 0 aliphatic rings. The van der Waals surface area contributed by atoms with E-state index in [2.05, 4.69) is 15.1 Å². The number of fused-ring (bicyclic) bond motifs is 1. The van der Waals surface area contributed by atoms with Crippen molar-refractivity contribution < 1.29 is 4.92 Å². The molecule has 8 heteroatoms. The summed E-state index contributed by atoms with van der Waals surface area (Å²) in [7, 11) is 0. The topological polar surface area (TPSA) is 86.2 Å². The van der Waals surface area contributed by atoms with E-state index in [1.165, 1.54) is 23.9 Å². The molecule has 0 atom stereocenters. The Hall–Kier alpha value is -3.26. The molecule has 2 aromatic heterocycles. The molecule has 0 unspecified atom stereocenters. The first-order chi connectivity index (χ1) is 12.7. The van der Waals surface area contributed by atoms with Gasteiger partial charge in [-0.15, -0.1) is 5.10 Å². The lowest BCUT2D eigenvalue weighted by atomic mass is 10.1. The third-order valence-electron chi connectivity index (χ3n) is 3.90. The Balaban J connectivity index is 1.99. The van der Waals surface area contributed by atoms with E-state index < -0.39 is 4.92 Å². The quantitative estimate of drug-likeness (QED) is 0.308. The molecule has 0 amide bonds. The van der Waals surface area contributed by atoms with Gasteiger partial charge in [-0.25, -0.2) is 4.98 Å². The Bertz CT molecular complexity index is 1110. The number of nitro benzene ring substituents is 1. The first-order valence-electron chi connectivity index (χ1n) is 7.78. The van der Waals surface area contributed by atoms with Gasteiger partial charge in [-0.1, -0.05) is 54.2 Å². The van der Waals surface area contributed by atoms with Crippen molar-refractivity contribution in [1.82, 2.24) is 19.6 Å². The van der Waals surface area contributed by atoms with Crippen LogP contribution in [0, 0.1) is 10.1 Å². The average Bonchev–Trinajstić information content (AvgIpc) is 3.11. The molecule has 0 fully saturated rings. The molecule has 0 aliphatic heterocycles. The lowest BCUT2D eigenvalue weighted by Crippen LogP contribution is -1.99. The second-order valence-corrected chi connectivity index (χ2v) is 6.28. The van der Waals surface area contributed by atoms with Crippen molar-refractivity contribution in [1.29, 1.82) is 0 Å². The summed E-state index contributed by atoms with van der Waals surface area (Å²) in [6, 6.07) is 18.1. The Morgan fingerprint density at radius 3 is 2.50 bits per heavy atom. The monoisotopic (exact) mass is 363 g/mol. The molecule has 128 valence electrons. The fraction of sp³-hybridized carbons (Fsp3) is 0.0556. The van der Waals surface area contributed by atoms with Crippen LogP contribution < -0.4 is 0 Å². The Kier molecular flexibility index (Phi) is 4.10. The standard InChI is InChI=1S/C18H13N5O2S/c1-26-18-20-17-19-15(12-6-3-2-4-7-12)11-16(22(17)21-18)13-8-5-9-14(10-13)23(24)25/h2-11H,1H3. The van der Waals surface area contributed by atoms with Gasteiger partial charge in [-0.05, 0) is 12.3 Å². The van der Waals surface area contributed by atoms with Gasteiger partial charge in [-0.2, -0.15) is 9.50 Å². The van der Waals surface area contributed by atoms with Gasteiger partial charge in [0, 0.05) is 23.3 Å². The van der Waals surface area contributed by atoms with Crippen molar-refractivity contribution in [2.24, 2.45) is 0 Å². The zero-order chi connectivity index (χ0) is 18.1. The highest BCUT2D eigenvalue weighted by atomic mass is 32.2. The molecule has 0 N–H and O–H groups in total. The SMILES string of the molecule is CSc1nc2nc(-c3ccccc3)cc(-c3cccc([N+](=O)[O-])c3)n2n1. The lowest BCUT2D eigenvalue weighted by Gasteiger charge is -2.07. The van der Waals surface area contributed by atoms with E-state index in [-0.39, 0.29) is 5.69 Å². The van der Waals surface area contributed by atoms with Crippen molar-refractivity contribution in [3.8, 4) is 22.5 Å². The third-order valence-corrected chi connectivity index (χ3v) is 4.44. The molecule has 7 nitrogen and oxygen atoms in total. The number of thioether (sulfide) groups is 1. The highest BCUT2D eigenvalue weighted by molar-refractivity contribution is 7.98. The number of hydrogen-bond donors (Lipinski definition) is 0. The minimum atomic E-state index is -0.408. The fourth-order valence-electron chi connectivity index (χ4n) is 2.68. The zero-order valence-corrected chi connectivity index (χ0v) is 14.6. The maximum Gasteiger partial charge on any atom is 0.270 e. The first-order valence-corrected chi connectivity index (χ1v) is 9.00. The number of aromatic nitrogens is 4. The van der Waals surface area contributed by atoms with Crippen molar-refractivity contribution >= 4 is 23.2 Å². The summed E-state index contributed by atoms with van der Waals surface area (Å²) in [5, 5.41) is 16.2. The van der Waals surface area contributed by atoms with Crippen LogP contribution in [0.25, 0.3) is 28.3 Å². The van der Waals surface area contributed by atoms with Crippen LogP contribution in [0.4, 0.5) is 5.69 Å². The molecule has 0 saturated carbocycles. The van der Waals surface area contributed by atoms with Crippen LogP contribution in [0.15, 0.2) is 65.8 Å². The van der Waals surface area contributed by atoms with Crippen LogP contribution in [0.1, 0.15) is 0 Å². The van der Waals surface area contributed by atoms with E-state index in [4.69, 9.17) is 0 Å². The largest absolute Gasteiger partial charge is 0.270 e. The van der Waals surface area contributed by atoms with E-state index in [1.807, 2.05) is 48.7 Å². The van der Waals surface area contributed by atoms with Crippen LogP contribution in [0.2, 0.25) is 0 Å². The molecule has 4 aromatic rings. The molecule has 2 heterocycles. The third kappa shape index (κ3) is 2.91. The number of nitro groups is 1. The summed E-state index contributed by atoms with van der Waals surface area (Å²) in [5.41, 5.74) is 3.08. The highest BCUT2D eigenvalue weighted by Crippen LogP contribution is 2.28. The van der Waals surface area contributed by atoms with Gasteiger partial charge in [0.25, 0.3) is 11.5 Å². The summed E-state index contributed by atoms with van der Waals surface area (Å²) in [6.07, 6.45) is 1.89. The Morgan fingerprint density at radius 2 is 1.77 bits per heavy atom. The number of hydrogen-bond acceptors (Lipinski definition) is 6. The van der Waals surface area contributed by atoms with E-state index >= 15 is 0 Å². The van der Waals surface area contributed by atoms with Gasteiger partial charge in [0.15, 0.2) is 0 Å². The molecular formula is C18H13N5O2S. The summed E-state index contributed by atoms with van der Waals surface area (Å²) in [6.45, 7) is 0. The van der Waals surface area contributed by atoms with Crippen LogP contribution in [-0.4, -0.2) is 30.8 Å². The van der Waals surface area contributed by atoms with Crippen LogP contribution in [0.3, 0.4) is 0 Å². The highest BCUT2D eigenvalue weighted by Gasteiger charge is 2.15. The van der Waals surface area contributed by atoms with Crippen molar-refractivity contribution in [3.63, 3.8) is 0 Å². The number of benzene rings is 2. The van der Waals surface area contributed by atoms with Crippen molar-refractivity contribution in [2.45, 2.75) is 5.16 Å². The molecule has 4 rings (SSSR count). The molecule has 0 saturated heterocycles. The normalized spacial score (nSPS) is 11.0. The van der Waals surface area contributed by atoms with Crippen molar-refractivity contribution in [2.75, 3.05) is 6.26 Å². The maximum absolute atomic E-state index is 11.1. The fourth-order valence-corrected chi connectivity index (χ4v) is 3.01. The molecule has 2 aromatic carbocycles. The van der Waals surface area contributed by atoms with E-state index in [1.54, 1.807) is 10.6 Å². The van der Waals surface area contributed by atoms with Gasteiger partial charge in [0.1, 0.15) is 0 Å². The summed E-state index contributed by atoms with van der Waals surface area (Å²) < 4.78 is 1.62. The van der Waals surface area contributed by atoms with Crippen molar-refractivity contribution in [3.05, 3.63) is 70.8 Å². The van der Waals surface area contributed by atoms with Crippen LogP contribution in [0.5, 0.6) is 0 Å². The average molecular weight is 363 g/mol. The summed E-state index contributed by atoms with van der Waals surface area (Å²) in [5.74, 6) is 0.456. The number of rotatable bonds is 4. The minimum Gasteiger partial charge on any atom is -0.258 e. The second-order valence-electron chi connectivity index (χ2n) is 5.51. The minimum absolute atomic E-state index is 0.0268. The van der Waals surface area contributed by atoms with E-state index in [0.717, 1.165) is 11.3 Å². The summed E-state index contributed by atoms with van der Waals surface area (Å²) in [4.78, 5) is 19.8. The molecule has 0 radical (unpaired) electrons. The molecule has 0 spiro atoms. The molecule has 0 aliphatic carbocycles. The lowest BCUT2D eigenvalue weighted by molar-refractivity contribution is -0.384. The van der Waals surface area contributed by atoms with Gasteiger partial charge in [-0.3, -0.25) is 10.1 Å². The van der Waals surface area contributed by atoms with Gasteiger partial charge in [0.05, 0.1) is 16.3 Å². The van der Waals surface area contributed by atoms with Gasteiger partial charge >= 0.3 is 0 Å². The Morgan fingerprint density at radius 1 is 1.00 bits per heavy atom. The molecule has 26 heavy (non-hydrogen) atoms. The predicted molar refractivity (Wildman–Crippen MR) is 100 cm³/mol. The first kappa shape index (κ1) is 16.2. The van der Waals surface area contributed by atoms with Gasteiger partial charge < -0.3 is 0 Å². The Labute approximate surface area is 152 Å². The molecular weight excluding hydrogens is 350 g/mol. The number of nitrogens with zero attached hydrogens (tertiary/aromatic N) is 5.